The smallest absolute Gasteiger partial charge is 0.333 e. The van der Waals surface area contributed by atoms with Crippen LogP contribution in [-0.4, -0.2) is 34.8 Å². The summed E-state index contributed by atoms with van der Waals surface area (Å²) in [5, 5.41) is 0. The maximum Gasteiger partial charge on any atom is 0.333 e. The van der Waals surface area contributed by atoms with Gasteiger partial charge in [0, 0.05) is 18.2 Å². The molecule has 0 saturated carbocycles. The molecule has 1 aromatic heterocycles. The van der Waals surface area contributed by atoms with Gasteiger partial charge in [0.05, 0.1) is 13.7 Å². The van der Waals surface area contributed by atoms with Crippen molar-refractivity contribution in [3.05, 3.63) is 62.9 Å². The van der Waals surface area contributed by atoms with Gasteiger partial charge < -0.3 is 14.3 Å². The molecule has 1 aromatic carbocycles. The second kappa shape index (κ2) is 7.25. The van der Waals surface area contributed by atoms with Crippen LogP contribution < -0.4 is 16.0 Å². The van der Waals surface area contributed by atoms with Gasteiger partial charge in [-0.1, -0.05) is 19.1 Å². The lowest BCUT2D eigenvalue weighted by Gasteiger charge is -2.17. The molecule has 0 aliphatic carbocycles. The van der Waals surface area contributed by atoms with E-state index < -0.39 is 35.7 Å². The van der Waals surface area contributed by atoms with Gasteiger partial charge in [-0.25, -0.2) is 9.18 Å². The Morgan fingerprint density at radius 2 is 1.92 bits per heavy atom. The molecule has 4 atom stereocenters. The monoisotopic (exact) mass is 362 g/mol. The Morgan fingerprint density at radius 3 is 2.50 bits per heavy atom. The lowest BCUT2D eigenvalue weighted by atomic mass is 10.0. The molecule has 2 aromatic rings. The number of alkyl halides is 1. The minimum atomic E-state index is -1.53. The molecule has 1 fully saturated rings. The molecule has 26 heavy (non-hydrogen) atoms. The van der Waals surface area contributed by atoms with Crippen LogP contribution in [0.2, 0.25) is 0 Å². The van der Waals surface area contributed by atoms with Crippen LogP contribution in [0.4, 0.5) is 4.39 Å². The van der Waals surface area contributed by atoms with Crippen molar-refractivity contribution >= 4 is 6.29 Å². The van der Waals surface area contributed by atoms with Gasteiger partial charge in [0.15, 0.2) is 12.4 Å². The molecule has 1 aliphatic heterocycles. The van der Waals surface area contributed by atoms with Crippen molar-refractivity contribution in [2.45, 2.75) is 32.0 Å². The Bertz CT molecular complexity index is 905. The number of halogens is 1. The predicted molar refractivity (Wildman–Crippen MR) is 91.1 cm³/mol. The molecule has 0 N–H and O–H groups in total. The van der Waals surface area contributed by atoms with Crippen molar-refractivity contribution in [3.63, 3.8) is 0 Å². The van der Waals surface area contributed by atoms with E-state index in [0.29, 0.717) is 17.6 Å². The van der Waals surface area contributed by atoms with Crippen LogP contribution in [0.15, 0.2) is 46.1 Å². The minimum Gasteiger partial charge on any atom is -0.497 e. The first-order valence-electron chi connectivity index (χ1n) is 8.16. The van der Waals surface area contributed by atoms with Gasteiger partial charge in [-0.05, 0) is 17.7 Å². The molecule has 8 heteroatoms. The Morgan fingerprint density at radius 1 is 1.23 bits per heavy atom. The summed E-state index contributed by atoms with van der Waals surface area (Å²) in [5.74, 6) is -0.0218. The van der Waals surface area contributed by atoms with Gasteiger partial charge in [-0.2, -0.15) is 0 Å². The predicted octanol–water partition coefficient (Wildman–Crippen LogP) is 1.14. The molecule has 138 valence electrons. The third kappa shape index (κ3) is 3.20. The number of carbonyl (C=O) groups is 1. The van der Waals surface area contributed by atoms with Crippen molar-refractivity contribution < 1.29 is 18.7 Å². The van der Waals surface area contributed by atoms with Gasteiger partial charge in [-0.3, -0.25) is 13.9 Å². The molecule has 2 heterocycles. The molecule has 0 radical (unpaired) electrons. The van der Waals surface area contributed by atoms with Crippen LogP contribution in [0.3, 0.4) is 0 Å². The van der Waals surface area contributed by atoms with Crippen LogP contribution in [0, 0.1) is 5.92 Å². The van der Waals surface area contributed by atoms with Crippen molar-refractivity contribution in [3.8, 4) is 5.75 Å². The van der Waals surface area contributed by atoms with Crippen LogP contribution in [-0.2, 0) is 16.1 Å². The number of hydrogen-bond acceptors (Lipinski definition) is 5. The number of methoxy groups -OCH3 is 1. The average molecular weight is 362 g/mol. The van der Waals surface area contributed by atoms with Crippen molar-refractivity contribution in [1.82, 2.24) is 9.13 Å². The van der Waals surface area contributed by atoms with Crippen LogP contribution in [0.25, 0.3) is 0 Å². The van der Waals surface area contributed by atoms with E-state index in [-0.39, 0.29) is 6.54 Å². The van der Waals surface area contributed by atoms with E-state index in [9.17, 15) is 18.8 Å². The van der Waals surface area contributed by atoms with Gasteiger partial charge in [0.2, 0.25) is 0 Å². The third-order valence-corrected chi connectivity index (χ3v) is 4.59. The normalized spacial score (nSPS) is 25.2. The van der Waals surface area contributed by atoms with E-state index >= 15 is 0 Å². The highest BCUT2D eigenvalue weighted by atomic mass is 19.1. The Balaban J connectivity index is 1.95. The Hall–Kier alpha value is -2.74. The molecule has 1 saturated heterocycles. The molecule has 0 unspecified atom stereocenters. The number of benzene rings is 1. The van der Waals surface area contributed by atoms with Crippen LogP contribution >= 0.6 is 0 Å². The number of aldehydes is 1. The Labute approximate surface area is 148 Å². The first-order chi connectivity index (χ1) is 12.5. The van der Waals surface area contributed by atoms with E-state index in [4.69, 9.17) is 9.47 Å². The van der Waals surface area contributed by atoms with Gasteiger partial charge in [0.1, 0.15) is 18.1 Å². The molecular weight excluding hydrogens is 343 g/mol. The number of nitrogens with zero attached hydrogens (tertiary/aromatic N) is 2. The van der Waals surface area contributed by atoms with E-state index in [2.05, 4.69) is 0 Å². The van der Waals surface area contributed by atoms with Crippen molar-refractivity contribution in [2.24, 2.45) is 5.92 Å². The quantitative estimate of drug-likeness (QED) is 0.745. The fourth-order valence-corrected chi connectivity index (χ4v) is 2.96. The summed E-state index contributed by atoms with van der Waals surface area (Å²) in [6.45, 7) is 1.57. The largest absolute Gasteiger partial charge is 0.497 e. The first-order valence-corrected chi connectivity index (χ1v) is 8.16. The van der Waals surface area contributed by atoms with Crippen LogP contribution in [0.1, 0.15) is 18.7 Å². The highest BCUT2D eigenvalue weighted by molar-refractivity contribution is 5.57. The average Bonchev–Trinajstić information content (AvgIpc) is 2.94. The zero-order chi connectivity index (χ0) is 18.8. The number of aromatic nitrogens is 2. The lowest BCUT2D eigenvalue weighted by Crippen LogP contribution is -2.42. The summed E-state index contributed by atoms with van der Waals surface area (Å²) in [6.07, 6.45) is -1.98. The lowest BCUT2D eigenvalue weighted by molar-refractivity contribution is -0.121. The van der Waals surface area contributed by atoms with Gasteiger partial charge in [0.25, 0.3) is 5.56 Å². The fourth-order valence-electron chi connectivity index (χ4n) is 2.96. The van der Waals surface area contributed by atoms with E-state index in [0.717, 1.165) is 9.13 Å². The second-order valence-corrected chi connectivity index (χ2v) is 6.21. The molecule has 3 rings (SSSR count). The van der Waals surface area contributed by atoms with Crippen LogP contribution in [0.5, 0.6) is 5.75 Å². The number of carbonyl (C=O) groups excluding carboxylic acids is 1. The second-order valence-electron chi connectivity index (χ2n) is 6.21. The molecule has 1 aliphatic rings. The highest BCUT2D eigenvalue weighted by Gasteiger charge is 2.43. The minimum absolute atomic E-state index is 0.0266. The molecule has 0 bridgehead atoms. The summed E-state index contributed by atoms with van der Waals surface area (Å²) in [4.78, 5) is 35.8. The van der Waals surface area contributed by atoms with E-state index in [1.807, 2.05) is 0 Å². The maximum atomic E-state index is 14.5. The molecular formula is C18H19FN2O5. The summed E-state index contributed by atoms with van der Waals surface area (Å²) < 4.78 is 26.9. The van der Waals surface area contributed by atoms with E-state index in [1.54, 1.807) is 31.2 Å². The van der Waals surface area contributed by atoms with Crippen molar-refractivity contribution in [2.75, 3.05) is 7.11 Å². The highest BCUT2D eigenvalue weighted by Crippen LogP contribution is 2.34. The number of ether oxygens (including phenoxy) is 2. The SMILES string of the molecule is COc1ccc(Cn2c(=O)ccn([C@@H]3O[C@H](C=O)[C@@H](C)[C@H]3F)c2=O)cc1. The maximum absolute atomic E-state index is 14.5. The first kappa shape index (κ1) is 18.1. The summed E-state index contributed by atoms with van der Waals surface area (Å²) >= 11 is 0. The standard InChI is InChI=1S/C18H19FN2O5/c1-11-14(10-22)26-17(16(11)19)20-8-7-15(23)21(18(20)24)9-12-3-5-13(25-2)6-4-12/h3-8,10-11,14,16-17H,9H2,1-2H3/t11-,14-,16-,17-/m1/s1. The topological polar surface area (TPSA) is 79.5 Å². The summed E-state index contributed by atoms with van der Waals surface area (Å²) in [6, 6.07) is 8.08. The zero-order valence-electron chi connectivity index (χ0n) is 14.4. The van der Waals surface area contributed by atoms with Gasteiger partial charge >= 0.3 is 5.69 Å². The zero-order valence-corrected chi connectivity index (χ0v) is 14.4. The molecule has 0 amide bonds. The van der Waals surface area contributed by atoms with E-state index in [1.165, 1.54) is 19.4 Å². The third-order valence-electron chi connectivity index (χ3n) is 4.59. The van der Waals surface area contributed by atoms with Gasteiger partial charge in [-0.15, -0.1) is 0 Å². The number of hydrogen-bond donors (Lipinski definition) is 0. The summed E-state index contributed by atoms with van der Waals surface area (Å²) in [7, 11) is 1.54. The van der Waals surface area contributed by atoms with Crippen molar-refractivity contribution in [1.29, 1.82) is 0 Å². The molecule has 7 nitrogen and oxygen atoms in total. The molecule has 0 spiro atoms. The Kier molecular flexibility index (Phi) is 5.03. The summed E-state index contributed by atoms with van der Waals surface area (Å²) in [5.41, 5.74) is -0.485. The number of rotatable bonds is 5. The fraction of sp³-hybridized carbons (Fsp3) is 0.389.